The van der Waals surface area contributed by atoms with Gasteiger partial charge >= 0.3 is 0 Å². The van der Waals surface area contributed by atoms with Crippen LogP contribution >= 0.6 is 0 Å². The van der Waals surface area contributed by atoms with E-state index < -0.39 is 0 Å². The molecule has 0 aliphatic carbocycles. The van der Waals surface area contributed by atoms with E-state index in [1.54, 1.807) is 19.1 Å². The zero-order valence-electron chi connectivity index (χ0n) is 10.4. The van der Waals surface area contributed by atoms with Crippen LogP contribution in [-0.2, 0) is 0 Å². The first-order valence-corrected chi connectivity index (χ1v) is 5.90. The summed E-state index contributed by atoms with van der Waals surface area (Å²) in [6, 6.07) is 5.59. The van der Waals surface area contributed by atoms with E-state index in [-0.39, 0.29) is 5.82 Å². The Morgan fingerprint density at radius 2 is 2.22 bits per heavy atom. The second-order valence-electron chi connectivity index (χ2n) is 4.18. The van der Waals surface area contributed by atoms with E-state index in [4.69, 9.17) is 5.26 Å². The number of aryl methyl sites for hydroxylation is 1. The molecule has 0 aliphatic heterocycles. The average Bonchev–Trinajstić information content (AvgIpc) is 2.40. The Bertz CT molecular complexity index is 629. The Labute approximate surface area is 105 Å². The van der Waals surface area contributed by atoms with Crippen LogP contribution in [0, 0.1) is 24.1 Å². The zero-order chi connectivity index (χ0) is 13.1. The minimum Gasteiger partial charge on any atom is -0.383 e. The second kappa shape index (κ2) is 5.01. The van der Waals surface area contributed by atoms with E-state index >= 15 is 0 Å². The van der Waals surface area contributed by atoms with Crippen molar-refractivity contribution in [2.45, 2.75) is 20.3 Å². The number of nitrogens with zero attached hydrogens (tertiary/aromatic N) is 2. The lowest BCUT2D eigenvalue weighted by Crippen LogP contribution is -2.04. The molecule has 0 radical (unpaired) electrons. The molecule has 0 saturated heterocycles. The Hall–Kier alpha value is -2.15. The van der Waals surface area contributed by atoms with Gasteiger partial charge in [-0.3, -0.25) is 4.98 Å². The van der Waals surface area contributed by atoms with Crippen LogP contribution < -0.4 is 5.32 Å². The lowest BCUT2D eigenvalue weighted by atomic mass is 10.1. The van der Waals surface area contributed by atoms with E-state index in [0.29, 0.717) is 27.7 Å². The van der Waals surface area contributed by atoms with Gasteiger partial charge in [0.2, 0.25) is 0 Å². The Morgan fingerprint density at radius 3 is 2.89 bits per heavy atom. The largest absolute Gasteiger partial charge is 0.383 e. The normalized spacial score (nSPS) is 10.3. The van der Waals surface area contributed by atoms with Crippen molar-refractivity contribution in [1.82, 2.24) is 4.98 Å². The fourth-order valence-electron chi connectivity index (χ4n) is 1.86. The summed E-state index contributed by atoms with van der Waals surface area (Å²) < 4.78 is 14.0. The standard InChI is InChI=1S/C14H14FN3/c1-3-6-17-13-10(7-16)8-18-14-11(13)5-4-9(2)12(14)15/h4-5,8H,3,6H2,1-2H3,(H,17,18). The van der Waals surface area contributed by atoms with Gasteiger partial charge in [-0.1, -0.05) is 19.1 Å². The minimum absolute atomic E-state index is 0.313. The molecule has 1 N–H and O–H groups in total. The number of anilines is 1. The highest BCUT2D eigenvalue weighted by atomic mass is 19.1. The maximum atomic E-state index is 14.0. The Morgan fingerprint density at radius 1 is 1.44 bits per heavy atom. The molecule has 92 valence electrons. The summed E-state index contributed by atoms with van der Waals surface area (Å²) in [6.45, 7) is 4.48. The molecule has 0 saturated carbocycles. The molecular formula is C14H14FN3. The first-order valence-electron chi connectivity index (χ1n) is 5.90. The first-order chi connectivity index (χ1) is 8.69. The van der Waals surface area contributed by atoms with Gasteiger partial charge in [0.15, 0.2) is 5.82 Å². The van der Waals surface area contributed by atoms with Crippen LogP contribution in [0.25, 0.3) is 10.9 Å². The molecule has 0 spiro atoms. The zero-order valence-corrected chi connectivity index (χ0v) is 10.4. The molecule has 0 aliphatic rings. The molecule has 0 bridgehead atoms. The fourth-order valence-corrected chi connectivity index (χ4v) is 1.86. The van der Waals surface area contributed by atoms with Crippen molar-refractivity contribution in [2.75, 3.05) is 11.9 Å². The summed E-state index contributed by atoms with van der Waals surface area (Å²) in [5.74, 6) is -0.323. The van der Waals surface area contributed by atoms with Crippen LogP contribution in [0.5, 0.6) is 0 Å². The number of rotatable bonds is 3. The maximum Gasteiger partial charge on any atom is 0.152 e. The molecule has 1 heterocycles. The molecule has 1 aromatic heterocycles. The Kier molecular flexibility index (Phi) is 3.42. The molecular weight excluding hydrogens is 229 g/mol. The van der Waals surface area contributed by atoms with Gasteiger partial charge in [-0.15, -0.1) is 0 Å². The van der Waals surface area contributed by atoms with Crippen LogP contribution in [0.3, 0.4) is 0 Å². The third-order valence-corrected chi connectivity index (χ3v) is 2.84. The van der Waals surface area contributed by atoms with E-state index in [9.17, 15) is 4.39 Å². The molecule has 4 heteroatoms. The topological polar surface area (TPSA) is 48.7 Å². The van der Waals surface area contributed by atoms with Crippen molar-refractivity contribution in [2.24, 2.45) is 0 Å². The van der Waals surface area contributed by atoms with Crippen LogP contribution in [0.4, 0.5) is 10.1 Å². The van der Waals surface area contributed by atoms with Gasteiger partial charge in [-0.25, -0.2) is 4.39 Å². The van der Waals surface area contributed by atoms with Crippen molar-refractivity contribution < 1.29 is 4.39 Å². The lowest BCUT2D eigenvalue weighted by molar-refractivity contribution is 0.627. The number of fused-ring (bicyclic) bond motifs is 1. The third-order valence-electron chi connectivity index (χ3n) is 2.84. The summed E-state index contributed by atoms with van der Waals surface area (Å²) in [7, 11) is 0. The summed E-state index contributed by atoms with van der Waals surface area (Å²) >= 11 is 0. The van der Waals surface area contributed by atoms with Crippen LogP contribution in [0.15, 0.2) is 18.3 Å². The highest BCUT2D eigenvalue weighted by Crippen LogP contribution is 2.28. The van der Waals surface area contributed by atoms with Gasteiger partial charge in [-0.05, 0) is 18.9 Å². The van der Waals surface area contributed by atoms with Gasteiger partial charge in [0.1, 0.15) is 11.6 Å². The molecule has 0 amide bonds. The molecule has 3 nitrogen and oxygen atoms in total. The van der Waals surface area contributed by atoms with E-state index in [2.05, 4.69) is 16.4 Å². The molecule has 2 aromatic rings. The molecule has 18 heavy (non-hydrogen) atoms. The van der Waals surface area contributed by atoms with Gasteiger partial charge in [0.25, 0.3) is 0 Å². The highest BCUT2D eigenvalue weighted by molar-refractivity contribution is 5.94. The monoisotopic (exact) mass is 243 g/mol. The van der Waals surface area contributed by atoms with Crippen molar-refractivity contribution in [3.63, 3.8) is 0 Å². The number of benzene rings is 1. The van der Waals surface area contributed by atoms with E-state index in [0.717, 1.165) is 13.0 Å². The maximum absolute atomic E-state index is 14.0. The van der Waals surface area contributed by atoms with Crippen molar-refractivity contribution in [3.8, 4) is 6.07 Å². The number of aromatic nitrogens is 1. The van der Waals surface area contributed by atoms with Gasteiger partial charge in [0.05, 0.1) is 11.3 Å². The predicted molar refractivity (Wildman–Crippen MR) is 69.9 cm³/mol. The number of nitrogens with one attached hydrogen (secondary N) is 1. The number of halogens is 1. The van der Waals surface area contributed by atoms with E-state index in [1.807, 2.05) is 6.92 Å². The van der Waals surface area contributed by atoms with Crippen molar-refractivity contribution in [3.05, 3.63) is 35.3 Å². The smallest absolute Gasteiger partial charge is 0.152 e. The molecule has 0 atom stereocenters. The van der Waals surface area contributed by atoms with Crippen LogP contribution in [0.1, 0.15) is 24.5 Å². The van der Waals surface area contributed by atoms with Gasteiger partial charge in [-0.2, -0.15) is 5.26 Å². The minimum atomic E-state index is -0.323. The molecule has 0 fully saturated rings. The van der Waals surface area contributed by atoms with Gasteiger partial charge < -0.3 is 5.32 Å². The summed E-state index contributed by atoms with van der Waals surface area (Å²) in [5, 5.41) is 12.9. The second-order valence-corrected chi connectivity index (χ2v) is 4.18. The van der Waals surface area contributed by atoms with Crippen LogP contribution in [-0.4, -0.2) is 11.5 Å². The predicted octanol–water partition coefficient (Wildman–Crippen LogP) is 3.38. The Balaban J connectivity index is 2.70. The third kappa shape index (κ3) is 2.00. The quantitative estimate of drug-likeness (QED) is 0.899. The number of hydrogen-bond donors (Lipinski definition) is 1. The fraction of sp³-hybridized carbons (Fsp3) is 0.286. The average molecular weight is 243 g/mol. The van der Waals surface area contributed by atoms with Gasteiger partial charge in [0, 0.05) is 18.1 Å². The number of pyridine rings is 1. The number of nitriles is 1. The first kappa shape index (κ1) is 12.3. The summed E-state index contributed by atoms with van der Waals surface area (Å²) in [6.07, 6.45) is 2.35. The van der Waals surface area contributed by atoms with E-state index in [1.165, 1.54) is 6.20 Å². The SMILES string of the molecule is CCCNc1c(C#N)cnc2c(F)c(C)ccc12. The molecule has 2 rings (SSSR count). The molecule has 0 unspecified atom stereocenters. The summed E-state index contributed by atoms with van der Waals surface area (Å²) in [4.78, 5) is 4.04. The molecule has 1 aromatic carbocycles. The van der Waals surface area contributed by atoms with Crippen LogP contribution in [0.2, 0.25) is 0 Å². The van der Waals surface area contributed by atoms with Crippen molar-refractivity contribution in [1.29, 1.82) is 5.26 Å². The van der Waals surface area contributed by atoms with Crippen molar-refractivity contribution >= 4 is 16.6 Å². The number of hydrogen-bond acceptors (Lipinski definition) is 3. The lowest BCUT2D eigenvalue weighted by Gasteiger charge is -2.11. The summed E-state index contributed by atoms with van der Waals surface area (Å²) in [5.41, 5.74) is 1.98. The highest BCUT2D eigenvalue weighted by Gasteiger charge is 2.12.